The Bertz CT molecular complexity index is 462. The van der Waals surface area contributed by atoms with E-state index in [1.807, 2.05) is 0 Å². The molecule has 3 saturated carbocycles. The van der Waals surface area contributed by atoms with E-state index in [0.29, 0.717) is 0 Å². The predicted molar refractivity (Wildman–Crippen MR) is 74.4 cm³/mol. The van der Waals surface area contributed by atoms with Gasteiger partial charge < -0.3 is 5.32 Å². The van der Waals surface area contributed by atoms with Crippen molar-refractivity contribution >= 4 is 0 Å². The Kier molecular flexibility index (Phi) is 2.35. The zero-order valence-corrected chi connectivity index (χ0v) is 11.4. The average molecular weight is 241 g/mol. The Labute approximate surface area is 110 Å². The molecule has 4 rings (SSSR count). The first-order valence-corrected chi connectivity index (χ1v) is 7.53. The van der Waals surface area contributed by atoms with Crippen LogP contribution in [0.1, 0.15) is 36.0 Å². The van der Waals surface area contributed by atoms with Gasteiger partial charge in [0.25, 0.3) is 0 Å². The van der Waals surface area contributed by atoms with Gasteiger partial charge in [0.15, 0.2) is 0 Å². The second-order valence-corrected chi connectivity index (χ2v) is 6.82. The molecule has 3 aliphatic carbocycles. The normalized spacial score (nSPS) is 40.0. The second kappa shape index (κ2) is 3.84. The fourth-order valence-corrected chi connectivity index (χ4v) is 4.87. The van der Waals surface area contributed by atoms with Crippen LogP contribution in [0.25, 0.3) is 0 Å². The van der Waals surface area contributed by atoms with Crippen LogP contribution in [0.3, 0.4) is 0 Å². The first-order valence-electron chi connectivity index (χ1n) is 7.53. The fourth-order valence-electron chi connectivity index (χ4n) is 4.87. The Morgan fingerprint density at radius 1 is 1.11 bits per heavy atom. The van der Waals surface area contributed by atoms with Crippen LogP contribution in [-0.2, 0) is 6.54 Å². The quantitative estimate of drug-likeness (QED) is 0.855. The minimum Gasteiger partial charge on any atom is -0.309 e. The number of rotatable bonds is 3. The predicted octanol–water partition coefficient (Wildman–Crippen LogP) is 3.44. The van der Waals surface area contributed by atoms with Crippen LogP contribution in [0.2, 0.25) is 0 Å². The topological polar surface area (TPSA) is 12.0 Å². The maximum atomic E-state index is 3.84. The van der Waals surface area contributed by atoms with Crippen molar-refractivity contribution < 1.29 is 0 Å². The van der Waals surface area contributed by atoms with Crippen LogP contribution < -0.4 is 5.32 Å². The minimum atomic E-state index is 0.858. The molecule has 1 aromatic carbocycles. The zero-order chi connectivity index (χ0) is 12.3. The summed E-state index contributed by atoms with van der Waals surface area (Å²) in [7, 11) is 0. The van der Waals surface area contributed by atoms with E-state index in [9.17, 15) is 0 Å². The van der Waals surface area contributed by atoms with Gasteiger partial charge in [-0.1, -0.05) is 23.8 Å². The van der Waals surface area contributed by atoms with Gasteiger partial charge in [-0.3, -0.25) is 0 Å². The lowest BCUT2D eigenvalue weighted by molar-refractivity contribution is 0.456. The van der Waals surface area contributed by atoms with Gasteiger partial charge >= 0.3 is 0 Å². The molecule has 0 radical (unpaired) electrons. The van der Waals surface area contributed by atoms with Crippen LogP contribution in [0.5, 0.6) is 0 Å². The van der Waals surface area contributed by atoms with E-state index in [2.05, 4.69) is 37.4 Å². The van der Waals surface area contributed by atoms with Crippen molar-refractivity contribution in [2.45, 2.75) is 45.7 Å². The van der Waals surface area contributed by atoms with E-state index in [-0.39, 0.29) is 0 Å². The highest BCUT2D eigenvalue weighted by atomic mass is 15.0. The lowest BCUT2D eigenvalue weighted by atomic mass is 10.0. The number of hydrogen-bond donors (Lipinski definition) is 1. The second-order valence-electron chi connectivity index (χ2n) is 6.82. The molecule has 1 N–H and O–H groups in total. The Morgan fingerprint density at radius 3 is 2.50 bits per heavy atom. The largest absolute Gasteiger partial charge is 0.309 e. The molecule has 4 unspecified atom stereocenters. The van der Waals surface area contributed by atoms with Crippen LogP contribution >= 0.6 is 0 Å². The van der Waals surface area contributed by atoms with E-state index in [4.69, 9.17) is 0 Å². The monoisotopic (exact) mass is 241 g/mol. The highest BCUT2D eigenvalue weighted by Gasteiger charge is 2.64. The van der Waals surface area contributed by atoms with Crippen LogP contribution in [0.4, 0.5) is 0 Å². The molecule has 3 fully saturated rings. The van der Waals surface area contributed by atoms with Crippen LogP contribution in [-0.4, -0.2) is 6.04 Å². The first-order chi connectivity index (χ1) is 8.74. The van der Waals surface area contributed by atoms with E-state index >= 15 is 0 Å². The van der Waals surface area contributed by atoms with Gasteiger partial charge in [-0.15, -0.1) is 0 Å². The maximum Gasteiger partial charge on any atom is 0.0210 e. The van der Waals surface area contributed by atoms with E-state index in [1.54, 1.807) is 6.42 Å². The summed E-state index contributed by atoms with van der Waals surface area (Å²) in [5, 5.41) is 3.84. The maximum absolute atomic E-state index is 3.84. The highest BCUT2D eigenvalue weighted by molar-refractivity contribution is 5.30. The van der Waals surface area contributed by atoms with Crippen molar-refractivity contribution in [3.05, 3.63) is 34.9 Å². The summed E-state index contributed by atoms with van der Waals surface area (Å²) < 4.78 is 0. The number of aryl methyl sites for hydroxylation is 2. The van der Waals surface area contributed by atoms with Gasteiger partial charge in [0.05, 0.1) is 0 Å². The van der Waals surface area contributed by atoms with E-state index in [0.717, 1.165) is 36.3 Å². The van der Waals surface area contributed by atoms with E-state index in [1.165, 1.54) is 29.5 Å². The molecule has 0 saturated heterocycles. The highest BCUT2D eigenvalue weighted by Crippen LogP contribution is 2.65. The molecule has 0 amide bonds. The number of fused-ring (bicyclic) bond motifs is 5. The Balaban J connectivity index is 1.40. The molecular formula is C17H23N. The summed E-state index contributed by atoms with van der Waals surface area (Å²) in [6.45, 7) is 5.48. The number of nitrogens with one attached hydrogen (secondary N) is 1. The molecular weight excluding hydrogens is 218 g/mol. The van der Waals surface area contributed by atoms with Gasteiger partial charge in [-0.05, 0) is 67.9 Å². The summed E-state index contributed by atoms with van der Waals surface area (Å²) in [5.74, 6) is 4.26. The Morgan fingerprint density at radius 2 is 1.83 bits per heavy atom. The summed E-state index contributed by atoms with van der Waals surface area (Å²) >= 11 is 0. The number of hydrogen-bond acceptors (Lipinski definition) is 1. The third-order valence-corrected chi connectivity index (χ3v) is 5.76. The van der Waals surface area contributed by atoms with Crippen molar-refractivity contribution in [2.24, 2.45) is 23.7 Å². The van der Waals surface area contributed by atoms with Crippen LogP contribution in [0, 0.1) is 37.5 Å². The van der Waals surface area contributed by atoms with Crippen molar-refractivity contribution in [3.8, 4) is 0 Å². The van der Waals surface area contributed by atoms with E-state index < -0.39 is 0 Å². The molecule has 96 valence electrons. The van der Waals surface area contributed by atoms with Gasteiger partial charge in [0, 0.05) is 12.6 Å². The molecule has 1 nitrogen and oxygen atoms in total. The molecule has 1 aromatic rings. The van der Waals surface area contributed by atoms with Crippen molar-refractivity contribution in [1.82, 2.24) is 5.32 Å². The lowest BCUT2D eigenvalue weighted by Gasteiger charge is -2.12. The summed E-state index contributed by atoms with van der Waals surface area (Å²) in [6, 6.07) is 7.69. The molecule has 18 heavy (non-hydrogen) atoms. The van der Waals surface area contributed by atoms with Gasteiger partial charge in [0.2, 0.25) is 0 Å². The molecule has 1 heteroatoms. The average Bonchev–Trinajstić information content (AvgIpc) is 2.75. The fraction of sp³-hybridized carbons (Fsp3) is 0.647. The SMILES string of the molecule is Cc1ccc(CNC2C3C4CCC(C4)C23)c(C)c1. The number of benzene rings is 1. The molecule has 0 aromatic heterocycles. The standard InChI is InChI=1S/C17H23N/c1-10-3-4-14(11(2)7-10)9-18-17-15-12-5-6-13(8-12)16(15)17/h3-4,7,12-13,15-18H,5-6,8-9H2,1-2H3. The Hall–Kier alpha value is -0.820. The first kappa shape index (κ1) is 11.0. The van der Waals surface area contributed by atoms with Gasteiger partial charge in [-0.25, -0.2) is 0 Å². The smallest absolute Gasteiger partial charge is 0.0210 e. The molecule has 2 bridgehead atoms. The molecule has 3 aliphatic rings. The molecule has 0 spiro atoms. The molecule has 4 atom stereocenters. The summed E-state index contributed by atoms with van der Waals surface area (Å²) in [6.07, 6.45) is 4.60. The molecule has 0 aliphatic heterocycles. The minimum absolute atomic E-state index is 0.858. The van der Waals surface area contributed by atoms with Gasteiger partial charge in [0.1, 0.15) is 0 Å². The van der Waals surface area contributed by atoms with Gasteiger partial charge in [-0.2, -0.15) is 0 Å². The van der Waals surface area contributed by atoms with Crippen molar-refractivity contribution in [3.63, 3.8) is 0 Å². The summed E-state index contributed by atoms with van der Waals surface area (Å²) in [4.78, 5) is 0. The third kappa shape index (κ3) is 1.56. The van der Waals surface area contributed by atoms with Crippen molar-refractivity contribution in [1.29, 1.82) is 0 Å². The van der Waals surface area contributed by atoms with Crippen molar-refractivity contribution in [2.75, 3.05) is 0 Å². The molecule has 0 heterocycles. The van der Waals surface area contributed by atoms with Crippen LogP contribution in [0.15, 0.2) is 18.2 Å². The lowest BCUT2D eigenvalue weighted by Crippen LogP contribution is -2.22. The zero-order valence-electron chi connectivity index (χ0n) is 11.4. The third-order valence-electron chi connectivity index (χ3n) is 5.76. The summed E-state index contributed by atoms with van der Waals surface area (Å²) in [5.41, 5.74) is 4.30.